The minimum Gasteiger partial charge on any atom is -0.368 e. The molecule has 0 radical (unpaired) electrons. The topological polar surface area (TPSA) is 58.4 Å². The fourth-order valence-corrected chi connectivity index (χ4v) is 1.80. The molecule has 0 saturated heterocycles. The molecule has 1 amide bonds. The molecule has 0 unspecified atom stereocenters. The van der Waals surface area contributed by atoms with Gasteiger partial charge in [0.1, 0.15) is 0 Å². The van der Waals surface area contributed by atoms with Gasteiger partial charge >= 0.3 is 0 Å². The van der Waals surface area contributed by atoms with Gasteiger partial charge in [-0.05, 0) is 17.7 Å². The lowest BCUT2D eigenvalue weighted by atomic mass is 10.2. The summed E-state index contributed by atoms with van der Waals surface area (Å²) in [7, 11) is 1.81. The fraction of sp³-hybridized carbons (Fsp3) is 0.462. The molecule has 3 N–H and O–H groups in total. The van der Waals surface area contributed by atoms with Crippen LogP contribution in [0.4, 0.5) is 5.69 Å². The van der Waals surface area contributed by atoms with Crippen LogP contribution in [0.3, 0.4) is 0 Å². The van der Waals surface area contributed by atoms with E-state index in [-0.39, 0.29) is 12.5 Å². The summed E-state index contributed by atoms with van der Waals surface area (Å²) in [6.07, 6.45) is 0. The van der Waals surface area contributed by atoms with Crippen molar-refractivity contribution >= 4 is 23.2 Å². The van der Waals surface area contributed by atoms with Crippen LogP contribution in [0.25, 0.3) is 0 Å². The number of benzene rings is 1. The third-order valence-corrected chi connectivity index (χ3v) is 2.92. The Bertz CT molecular complexity index is 421. The van der Waals surface area contributed by atoms with Crippen LogP contribution < -0.4 is 16.0 Å². The summed E-state index contributed by atoms with van der Waals surface area (Å²) in [5.74, 6) is -0.362. The van der Waals surface area contributed by atoms with Crippen molar-refractivity contribution in [3.05, 3.63) is 28.8 Å². The van der Waals surface area contributed by atoms with Gasteiger partial charge in [0.15, 0.2) is 0 Å². The Kier molecular flexibility index (Phi) is 5.44. The van der Waals surface area contributed by atoms with E-state index in [1.807, 2.05) is 25.2 Å². The first-order valence-corrected chi connectivity index (χ1v) is 6.29. The van der Waals surface area contributed by atoms with Crippen LogP contribution in [0, 0.1) is 0 Å². The van der Waals surface area contributed by atoms with Gasteiger partial charge in [-0.1, -0.05) is 31.5 Å². The standard InChI is InChI=1S/C13H20ClN3O/c1-9(2)16-7-10-4-5-11(6-12(10)14)17(3)8-13(15)18/h4-6,9,16H,7-8H2,1-3H3,(H2,15,18). The van der Waals surface area contributed by atoms with Crippen LogP contribution in [-0.4, -0.2) is 25.5 Å². The molecule has 0 atom stereocenters. The normalized spacial score (nSPS) is 10.7. The van der Waals surface area contributed by atoms with Crippen molar-refractivity contribution in [2.45, 2.75) is 26.4 Å². The quantitative estimate of drug-likeness (QED) is 0.827. The predicted octanol–water partition coefficient (Wildman–Crippen LogP) is 1.76. The molecule has 4 nitrogen and oxygen atoms in total. The van der Waals surface area contributed by atoms with Crippen molar-refractivity contribution < 1.29 is 4.79 Å². The maximum absolute atomic E-state index is 10.8. The first-order valence-electron chi connectivity index (χ1n) is 5.91. The van der Waals surface area contributed by atoms with Crippen LogP contribution in [0.15, 0.2) is 18.2 Å². The van der Waals surface area contributed by atoms with Crippen LogP contribution in [0.5, 0.6) is 0 Å². The Balaban J connectivity index is 2.75. The molecule has 18 heavy (non-hydrogen) atoms. The molecule has 1 aromatic carbocycles. The number of rotatable bonds is 6. The zero-order valence-corrected chi connectivity index (χ0v) is 11.8. The van der Waals surface area contributed by atoms with E-state index < -0.39 is 0 Å². The van der Waals surface area contributed by atoms with Gasteiger partial charge in [-0.2, -0.15) is 0 Å². The number of nitrogens with two attached hydrogens (primary N) is 1. The van der Waals surface area contributed by atoms with Crippen LogP contribution >= 0.6 is 11.6 Å². The highest BCUT2D eigenvalue weighted by Crippen LogP contribution is 2.23. The second-order valence-electron chi connectivity index (χ2n) is 4.63. The van der Waals surface area contributed by atoms with Crippen LogP contribution in [-0.2, 0) is 11.3 Å². The number of carbonyl (C=O) groups is 1. The van der Waals surface area contributed by atoms with Crippen molar-refractivity contribution in [1.82, 2.24) is 5.32 Å². The minimum atomic E-state index is -0.362. The monoisotopic (exact) mass is 269 g/mol. The number of carbonyl (C=O) groups excluding carboxylic acids is 1. The first-order chi connectivity index (χ1) is 8.40. The van der Waals surface area contributed by atoms with E-state index in [2.05, 4.69) is 19.2 Å². The van der Waals surface area contributed by atoms with E-state index in [0.29, 0.717) is 11.1 Å². The molecular formula is C13H20ClN3O. The molecule has 100 valence electrons. The molecule has 1 aromatic rings. The van der Waals surface area contributed by atoms with Crippen LogP contribution in [0.1, 0.15) is 19.4 Å². The summed E-state index contributed by atoms with van der Waals surface area (Å²) in [6, 6.07) is 6.16. The molecule has 1 rings (SSSR count). The molecule has 0 aromatic heterocycles. The number of hydrogen-bond acceptors (Lipinski definition) is 3. The highest BCUT2D eigenvalue weighted by molar-refractivity contribution is 6.31. The van der Waals surface area contributed by atoms with E-state index in [9.17, 15) is 4.79 Å². The van der Waals surface area contributed by atoms with Crippen molar-refractivity contribution in [1.29, 1.82) is 0 Å². The number of likely N-dealkylation sites (N-methyl/N-ethyl adjacent to an activating group) is 1. The van der Waals surface area contributed by atoms with Gasteiger partial charge in [-0.3, -0.25) is 4.79 Å². The molecule has 0 heterocycles. The maximum Gasteiger partial charge on any atom is 0.236 e. The summed E-state index contributed by atoms with van der Waals surface area (Å²) in [4.78, 5) is 12.6. The van der Waals surface area contributed by atoms with Crippen molar-refractivity contribution in [2.75, 3.05) is 18.5 Å². The molecule has 0 fully saturated rings. The van der Waals surface area contributed by atoms with E-state index >= 15 is 0 Å². The first kappa shape index (κ1) is 14.8. The molecule has 0 bridgehead atoms. The summed E-state index contributed by atoms with van der Waals surface area (Å²) in [5.41, 5.74) is 7.08. The van der Waals surface area contributed by atoms with Crippen molar-refractivity contribution in [3.8, 4) is 0 Å². The molecule has 0 aliphatic rings. The Morgan fingerprint density at radius 3 is 2.67 bits per heavy atom. The molecular weight excluding hydrogens is 250 g/mol. The van der Waals surface area contributed by atoms with E-state index in [0.717, 1.165) is 17.8 Å². The van der Waals surface area contributed by atoms with Crippen molar-refractivity contribution in [2.24, 2.45) is 5.73 Å². The SMILES string of the molecule is CC(C)NCc1ccc(N(C)CC(N)=O)cc1Cl. The fourth-order valence-electron chi connectivity index (χ4n) is 1.56. The molecule has 5 heteroatoms. The average Bonchev–Trinajstić information content (AvgIpc) is 2.26. The maximum atomic E-state index is 10.8. The zero-order valence-electron chi connectivity index (χ0n) is 11.0. The molecule has 0 spiro atoms. The van der Waals surface area contributed by atoms with E-state index in [1.165, 1.54) is 0 Å². The van der Waals surface area contributed by atoms with E-state index in [1.54, 1.807) is 4.90 Å². The third kappa shape index (κ3) is 4.55. The molecule has 0 aliphatic carbocycles. The number of nitrogens with one attached hydrogen (secondary N) is 1. The van der Waals surface area contributed by atoms with Gasteiger partial charge in [0.05, 0.1) is 6.54 Å². The molecule has 0 saturated carbocycles. The number of anilines is 1. The third-order valence-electron chi connectivity index (χ3n) is 2.57. The van der Waals surface area contributed by atoms with Crippen LogP contribution in [0.2, 0.25) is 5.02 Å². The molecule has 0 aliphatic heterocycles. The Morgan fingerprint density at radius 2 is 2.17 bits per heavy atom. The summed E-state index contributed by atoms with van der Waals surface area (Å²) >= 11 is 6.21. The summed E-state index contributed by atoms with van der Waals surface area (Å²) < 4.78 is 0. The smallest absolute Gasteiger partial charge is 0.236 e. The zero-order chi connectivity index (χ0) is 13.7. The number of nitrogens with zero attached hydrogens (tertiary/aromatic N) is 1. The van der Waals surface area contributed by atoms with Crippen molar-refractivity contribution in [3.63, 3.8) is 0 Å². The van der Waals surface area contributed by atoms with Gasteiger partial charge in [-0.15, -0.1) is 0 Å². The van der Waals surface area contributed by atoms with Gasteiger partial charge in [-0.25, -0.2) is 0 Å². The Hall–Kier alpha value is -1.26. The van der Waals surface area contributed by atoms with Gasteiger partial charge < -0.3 is 16.0 Å². The van der Waals surface area contributed by atoms with E-state index in [4.69, 9.17) is 17.3 Å². The highest BCUT2D eigenvalue weighted by atomic mass is 35.5. The lowest BCUT2D eigenvalue weighted by molar-refractivity contribution is -0.116. The Labute approximate surface area is 113 Å². The summed E-state index contributed by atoms with van der Waals surface area (Å²) in [6.45, 7) is 5.09. The average molecular weight is 270 g/mol. The second kappa shape index (κ2) is 6.61. The minimum absolute atomic E-state index is 0.180. The lowest BCUT2D eigenvalue weighted by Crippen LogP contribution is -2.30. The number of amides is 1. The predicted molar refractivity (Wildman–Crippen MR) is 75.9 cm³/mol. The number of halogens is 1. The summed E-state index contributed by atoms with van der Waals surface area (Å²) in [5, 5.41) is 4.00. The van der Waals surface area contributed by atoms with Gasteiger partial charge in [0.2, 0.25) is 5.91 Å². The number of primary amides is 1. The van der Waals surface area contributed by atoms with Gasteiger partial charge in [0.25, 0.3) is 0 Å². The van der Waals surface area contributed by atoms with Gasteiger partial charge in [0, 0.05) is 30.3 Å². The second-order valence-corrected chi connectivity index (χ2v) is 5.04. The highest BCUT2D eigenvalue weighted by Gasteiger charge is 2.07. The Morgan fingerprint density at radius 1 is 1.50 bits per heavy atom. The number of hydrogen-bond donors (Lipinski definition) is 2. The largest absolute Gasteiger partial charge is 0.368 e. The lowest BCUT2D eigenvalue weighted by Gasteiger charge is -2.18.